The van der Waals surface area contributed by atoms with Crippen LogP contribution in [0.5, 0.6) is 0 Å². The molecular weight excluding hydrogens is 560 g/mol. The van der Waals surface area contributed by atoms with Crippen molar-refractivity contribution in [3.05, 3.63) is 132 Å². The number of aromatic nitrogens is 4. The smallest absolute Gasteiger partial charge is 0.198 e. The van der Waals surface area contributed by atoms with Crippen molar-refractivity contribution in [2.75, 3.05) is 0 Å². The van der Waals surface area contributed by atoms with Gasteiger partial charge in [-0.05, 0) is 93.0 Å². The molecule has 0 aliphatic rings. The Morgan fingerprint density at radius 3 is 1.07 bits per heavy atom. The van der Waals surface area contributed by atoms with E-state index in [2.05, 4.69) is 135 Å². The minimum absolute atomic E-state index is 0.539. The predicted octanol–water partition coefficient (Wildman–Crippen LogP) is 10.7. The summed E-state index contributed by atoms with van der Waals surface area (Å²) in [7, 11) is 0. The number of hydrogen-bond acceptors (Lipinski definition) is 4. The lowest BCUT2D eigenvalue weighted by molar-refractivity contribution is 1.16. The van der Waals surface area contributed by atoms with Gasteiger partial charge >= 0.3 is 0 Å². The third-order valence-electron chi connectivity index (χ3n) is 9.66. The summed E-state index contributed by atoms with van der Waals surface area (Å²) in [6, 6.07) is 43.1. The lowest BCUT2D eigenvalue weighted by atomic mass is 9.89. The first-order chi connectivity index (χ1) is 22.6. The van der Waals surface area contributed by atoms with Crippen molar-refractivity contribution in [2.24, 2.45) is 0 Å². The average molecular weight is 587 g/mol. The summed E-state index contributed by atoms with van der Waals surface area (Å²) in [5.41, 5.74) is 11.0. The van der Waals surface area contributed by atoms with Gasteiger partial charge in [-0.25, -0.2) is 19.9 Å². The maximum absolute atomic E-state index is 5.10. The van der Waals surface area contributed by atoms with Gasteiger partial charge < -0.3 is 0 Å². The molecule has 8 aromatic carbocycles. The van der Waals surface area contributed by atoms with Gasteiger partial charge in [-0.3, -0.25) is 0 Å². The maximum Gasteiger partial charge on any atom is 0.198 e. The molecule has 0 bridgehead atoms. The van der Waals surface area contributed by atoms with Crippen LogP contribution in [0, 0.1) is 13.8 Å². The molecule has 0 fully saturated rings. The Labute approximate surface area is 264 Å². The Balaban J connectivity index is 1.20. The molecule has 4 nitrogen and oxygen atoms in total. The highest BCUT2D eigenvalue weighted by molar-refractivity contribution is 6.26. The van der Waals surface area contributed by atoms with Crippen molar-refractivity contribution in [1.82, 2.24) is 19.9 Å². The van der Waals surface area contributed by atoms with Crippen LogP contribution in [0.2, 0.25) is 0 Å². The van der Waals surface area contributed by atoms with E-state index in [1.807, 2.05) is 0 Å². The molecule has 0 saturated carbocycles. The average Bonchev–Trinajstić information content (AvgIpc) is 3.11. The molecule has 0 amide bonds. The number of rotatable bonds is 3. The number of hydrogen-bond donors (Lipinski definition) is 0. The molecule has 0 unspecified atom stereocenters. The van der Waals surface area contributed by atoms with Gasteiger partial charge in [0.1, 0.15) is 0 Å². The molecule has 10 aromatic rings. The van der Waals surface area contributed by atoms with Gasteiger partial charge in [0, 0.05) is 21.5 Å². The summed E-state index contributed by atoms with van der Waals surface area (Å²) in [6.45, 7) is 4.37. The molecule has 4 heteroatoms. The van der Waals surface area contributed by atoms with Crippen LogP contribution < -0.4 is 0 Å². The summed E-state index contributed by atoms with van der Waals surface area (Å²) in [5.74, 6) is 1.08. The summed E-state index contributed by atoms with van der Waals surface area (Å²) < 4.78 is 0. The zero-order valence-corrected chi connectivity index (χ0v) is 25.3. The van der Waals surface area contributed by atoms with Gasteiger partial charge in [0.05, 0.1) is 22.1 Å². The van der Waals surface area contributed by atoms with Crippen molar-refractivity contribution in [1.29, 1.82) is 0 Å². The second-order valence-corrected chi connectivity index (χ2v) is 12.3. The van der Waals surface area contributed by atoms with E-state index in [4.69, 9.17) is 19.9 Å². The van der Waals surface area contributed by atoms with E-state index in [1.54, 1.807) is 0 Å². The fourth-order valence-corrected chi connectivity index (χ4v) is 7.56. The van der Waals surface area contributed by atoms with Crippen LogP contribution in [0.3, 0.4) is 0 Å². The number of aryl methyl sites for hydroxylation is 2. The van der Waals surface area contributed by atoms with Crippen molar-refractivity contribution >= 4 is 65.2 Å². The fourth-order valence-electron chi connectivity index (χ4n) is 7.56. The van der Waals surface area contributed by atoms with E-state index in [0.29, 0.717) is 11.6 Å². The topological polar surface area (TPSA) is 51.6 Å². The van der Waals surface area contributed by atoms with Crippen molar-refractivity contribution < 1.29 is 0 Å². The normalized spacial score (nSPS) is 12.1. The molecule has 2 aromatic heterocycles. The summed E-state index contributed by atoms with van der Waals surface area (Å²) in [6.07, 6.45) is 0. The minimum Gasteiger partial charge on any atom is -0.225 e. The highest BCUT2D eigenvalue weighted by atomic mass is 15.0. The van der Waals surface area contributed by atoms with Crippen molar-refractivity contribution in [2.45, 2.75) is 13.8 Å². The zero-order chi connectivity index (χ0) is 30.5. The molecule has 0 saturated heterocycles. The van der Waals surface area contributed by atoms with Crippen LogP contribution in [-0.4, -0.2) is 19.9 Å². The molecule has 0 radical (unpaired) electrons. The second kappa shape index (κ2) is 9.26. The molecule has 0 N–H and O–H groups in total. The van der Waals surface area contributed by atoms with Crippen LogP contribution in [0.4, 0.5) is 0 Å². The van der Waals surface area contributed by atoms with Gasteiger partial charge in [-0.2, -0.15) is 0 Å². The van der Waals surface area contributed by atoms with Gasteiger partial charge in [-0.15, -0.1) is 0 Å². The molecule has 214 valence electrons. The first-order valence-electron chi connectivity index (χ1n) is 15.7. The largest absolute Gasteiger partial charge is 0.225 e. The van der Waals surface area contributed by atoms with Gasteiger partial charge in [0.15, 0.2) is 11.6 Å². The molecule has 46 heavy (non-hydrogen) atoms. The van der Waals surface area contributed by atoms with Crippen LogP contribution in [0.25, 0.3) is 99.1 Å². The Hall–Kier alpha value is -6.00. The first kappa shape index (κ1) is 25.3. The third-order valence-corrected chi connectivity index (χ3v) is 9.66. The second-order valence-electron chi connectivity index (χ2n) is 12.3. The van der Waals surface area contributed by atoms with Crippen molar-refractivity contribution in [3.8, 4) is 33.9 Å². The molecule has 2 heterocycles. The summed E-state index contributed by atoms with van der Waals surface area (Å²) >= 11 is 0. The molecule has 0 spiro atoms. The van der Waals surface area contributed by atoms with E-state index in [0.717, 1.165) is 32.8 Å². The van der Waals surface area contributed by atoms with Crippen LogP contribution in [-0.2, 0) is 0 Å². The number of nitrogens with zero attached hydrogens (tertiary/aromatic N) is 4. The van der Waals surface area contributed by atoms with Crippen molar-refractivity contribution in [3.63, 3.8) is 0 Å². The SMILES string of the molecule is Cc1cc(-c2ccccc2)c2ccc3nc(-c4nc5ccc6c(C)cc(-c7ccccc7)c7ccc(n4)c5c67)nc4ccc1c2c43. The quantitative estimate of drug-likeness (QED) is 0.193. The maximum atomic E-state index is 5.10. The highest BCUT2D eigenvalue weighted by Crippen LogP contribution is 2.42. The van der Waals surface area contributed by atoms with Gasteiger partial charge in [0.2, 0.25) is 0 Å². The number of benzene rings is 8. The molecule has 0 atom stereocenters. The molecular formula is C42H26N4. The van der Waals surface area contributed by atoms with Gasteiger partial charge in [-0.1, -0.05) is 97.1 Å². The third kappa shape index (κ3) is 3.50. The van der Waals surface area contributed by atoms with Crippen LogP contribution in [0.15, 0.2) is 121 Å². The molecule has 10 rings (SSSR count). The van der Waals surface area contributed by atoms with Crippen LogP contribution >= 0.6 is 0 Å². The van der Waals surface area contributed by atoms with E-state index in [-0.39, 0.29) is 0 Å². The Morgan fingerprint density at radius 2 is 0.696 bits per heavy atom. The lowest BCUT2D eigenvalue weighted by Gasteiger charge is -2.17. The van der Waals surface area contributed by atoms with E-state index >= 15 is 0 Å². The Kier molecular flexibility index (Phi) is 5.10. The molecule has 0 aliphatic heterocycles. The van der Waals surface area contributed by atoms with Crippen LogP contribution in [0.1, 0.15) is 11.1 Å². The van der Waals surface area contributed by atoms with E-state index in [9.17, 15) is 0 Å². The standard InChI is InChI=1S/C42H26N4/c1-23-21-31(25-9-5-3-6-10-25)29-15-19-35-39-33(17-13-27(23)37(29)39)43-41(45-35)42-44-34-18-14-28-24(2)22-32(26-11-7-4-8-12-26)30-16-20-36(46-42)40(34)38(28)30/h3-22H,1-2H3. The molecule has 0 aliphatic carbocycles. The summed E-state index contributed by atoms with van der Waals surface area (Å²) in [4.78, 5) is 20.4. The Bertz CT molecular complexity index is 2570. The monoisotopic (exact) mass is 586 g/mol. The van der Waals surface area contributed by atoms with Gasteiger partial charge in [0.25, 0.3) is 0 Å². The predicted molar refractivity (Wildman–Crippen MR) is 191 cm³/mol. The highest BCUT2D eigenvalue weighted by Gasteiger charge is 2.20. The Morgan fingerprint density at radius 1 is 0.348 bits per heavy atom. The van der Waals surface area contributed by atoms with E-state index in [1.165, 1.54) is 65.7 Å². The fraction of sp³-hybridized carbons (Fsp3) is 0.0476. The first-order valence-corrected chi connectivity index (χ1v) is 15.7. The lowest BCUT2D eigenvalue weighted by Crippen LogP contribution is -2.00. The minimum atomic E-state index is 0.539. The van der Waals surface area contributed by atoms with E-state index < -0.39 is 0 Å². The zero-order valence-electron chi connectivity index (χ0n) is 25.3. The summed E-state index contributed by atoms with van der Waals surface area (Å²) in [5, 5.41) is 9.48.